The van der Waals surface area contributed by atoms with Gasteiger partial charge in [-0.1, -0.05) is 0 Å². The van der Waals surface area contributed by atoms with E-state index < -0.39 is 23.6 Å². The van der Waals surface area contributed by atoms with Crippen molar-refractivity contribution in [3.05, 3.63) is 35.1 Å². The van der Waals surface area contributed by atoms with Crippen LogP contribution < -0.4 is 5.73 Å². The number of nitrogens with two attached hydrogens (primary N) is 1. The molecule has 1 rings (SSSR count). The van der Waals surface area contributed by atoms with Gasteiger partial charge in [0.15, 0.2) is 0 Å². The van der Waals surface area contributed by atoms with Crippen LogP contribution in [-0.2, 0) is 10.9 Å². The van der Waals surface area contributed by atoms with Gasteiger partial charge in [-0.25, -0.2) is 4.39 Å². The van der Waals surface area contributed by atoms with Crippen LogP contribution in [-0.4, -0.2) is 13.2 Å². The molecule has 0 aromatic heterocycles. The van der Waals surface area contributed by atoms with Crippen molar-refractivity contribution in [1.29, 1.82) is 0 Å². The summed E-state index contributed by atoms with van der Waals surface area (Å²) in [6.45, 7) is 1.95. The summed E-state index contributed by atoms with van der Waals surface area (Å²) < 4.78 is 55.8. The molecule has 1 atom stereocenters. The molecular weight excluding hydrogens is 238 g/mol. The van der Waals surface area contributed by atoms with Crippen LogP contribution in [0.5, 0.6) is 0 Å². The minimum Gasteiger partial charge on any atom is -0.380 e. The fraction of sp³-hybridized carbons (Fsp3) is 0.455. The summed E-state index contributed by atoms with van der Waals surface area (Å²) in [5.41, 5.74) is 4.34. The molecule has 0 saturated carbocycles. The number of benzene rings is 1. The SMILES string of the molecule is CCOCC(N)c1cc(F)ccc1C(F)(F)F. The molecule has 0 spiro atoms. The van der Waals surface area contributed by atoms with E-state index >= 15 is 0 Å². The van der Waals surface area contributed by atoms with Gasteiger partial charge in [0.25, 0.3) is 0 Å². The molecule has 6 heteroatoms. The second-order valence-electron chi connectivity index (χ2n) is 3.50. The van der Waals surface area contributed by atoms with Gasteiger partial charge in [-0.3, -0.25) is 0 Å². The first kappa shape index (κ1) is 13.9. The zero-order valence-corrected chi connectivity index (χ0v) is 9.22. The van der Waals surface area contributed by atoms with Crippen molar-refractivity contribution < 1.29 is 22.3 Å². The monoisotopic (exact) mass is 251 g/mol. The molecule has 17 heavy (non-hydrogen) atoms. The second-order valence-corrected chi connectivity index (χ2v) is 3.50. The summed E-state index contributed by atoms with van der Waals surface area (Å²) in [4.78, 5) is 0. The van der Waals surface area contributed by atoms with Gasteiger partial charge in [-0.15, -0.1) is 0 Å². The molecule has 0 heterocycles. The van der Waals surface area contributed by atoms with Crippen LogP contribution >= 0.6 is 0 Å². The lowest BCUT2D eigenvalue weighted by Gasteiger charge is -2.18. The van der Waals surface area contributed by atoms with Crippen LogP contribution in [0.2, 0.25) is 0 Å². The van der Waals surface area contributed by atoms with E-state index in [9.17, 15) is 17.6 Å². The van der Waals surface area contributed by atoms with Gasteiger partial charge in [0.2, 0.25) is 0 Å². The zero-order valence-electron chi connectivity index (χ0n) is 9.22. The predicted octanol–water partition coefficient (Wildman–Crippen LogP) is 2.88. The zero-order chi connectivity index (χ0) is 13.1. The lowest BCUT2D eigenvalue weighted by atomic mass is 10.0. The summed E-state index contributed by atoms with van der Waals surface area (Å²) in [6, 6.07) is 1.25. The number of rotatable bonds is 4. The van der Waals surface area contributed by atoms with Gasteiger partial charge < -0.3 is 10.5 Å². The Morgan fingerprint density at radius 1 is 1.35 bits per heavy atom. The molecule has 1 aromatic carbocycles. The van der Waals surface area contributed by atoms with Gasteiger partial charge in [-0.2, -0.15) is 13.2 Å². The highest BCUT2D eigenvalue weighted by molar-refractivity contribution is 5.33. The van der Waals surface area contributed by atoms with Gasteiger partial charge in [-0.05, 0) is 30.7 Å². The number of halogens is 4. The molecule has 2 nitrogen and oxygen atoms in total. The molecule has 0 bridgehead atoms. The van der Waals surface area contributed by atoms with E-state index in [0.29, 0.717) is 12.7 Å². The van der Waals surface area contributed by atoms with E-state index in [1.165, 1.54) is 0 Å². The standard InChI is InChI=1S/C11H13F4NO/c1-2-17-6-10(16)8-5-7(12)3-4-9(8)11(13,14)15/h3-5,10H,2,6,16H2,1H3. The van der Waals surface area contributed by atoms with E-state index in [-0.39, 0.29) is 12.2 Å². The maximum Gasteiger partial charge on any atom is 0.416 e. The summed E-state index contributed by atoms with van der Waals surface area (Å²) in [5.74, 6) is -0.750. The van der Waals surface area contributed by atoms with E-state index in [1.54, 1.807) is 6.92 Å². The summed E-state index contributed by atoms with van der Waals surface area (Å²) in [7, 11) is 0. The Bertz CT molecular complexity index is 378. The number of alkyl halides is 3. The molecule has 0 aliphatic carbocycles. The predicted molar refractivity (Wildman–Crippen MR) is 54.8 cm³/mol. The van der Waals surface area contributed by atoms with Crippen molar-refractivity contribution in [3.63, 3.8) is 0 Å². The maximum atomic E-state index is 13.0. The Balaban J connectivity index is 3.07. The van der Waals surface area contributed by atoms with Gasteiger partial charge in [0.1, 0.15) is 5.82 Å². The Kier molecular flexibility index (Phi) is 4.47. The molecule has 2 N–H and O–H groups in total. The van der Waals surface area contributed by atoms with Crippen LogP contribution in [0.25, 0.3) is 0 Å². The lowest BCUT2D eigenvalue weighted by Crippen LogP contribution is -2.22. The molecule has 0 amide bonds. The largest absolute Gasteiger partial charge is 0.416 e. The van der Waals surface area contributed by atoms with E-state index in [4.69, 9.17) is 10.5 Å². The molecule has 0 aliphatic rings. The second kappa shape index (κ2) is 5.46. The molecule has 0 aliphatic heterocycles. The van der Waals surface area contributed by atoms with Crippen molar-refractivity contribution in [2.75, 3.05) is 13.2 Å². The van der Waals surface area contributed by atoms with Crippen molar-refractivity contribution >= 4 is 0 Å². The van der Waals surface area contributed by atoms with Crippen molar-refractivity contribution in [3.8, 4) is 0 Å². The number of hydrogen-bond acceptors (Lipinski definition) is 2. The summed E-state index contributed by atoms with van der Waals surface area (Å²) in [6.07, 6.45) is -4.55. The number of ether oxygens (including phenoxy) is 1. The van der Waals surface area contributed by atoms with Gasteiger partial charge in [0, 0.05) is 6.61 Å². The quantitative estimate of drug-likeness (QED) is 0.835. The lowest BCUT2D eigenvalue weighted by molar-refractivity contribution is -0.138. The smallest absolute Gasteiger partial charge is 0.380 e. The summed E-state index contributed by atoms with van der Waals surface area (Å²) in [5, 5.41) is 0. The Morgan fingerprint density at radius 3 is 2.53 bits per heavy atom. The highest BCUT2D eigenvalue weighted by atomic mass is 19.4. The maximum absolute atomic E-state index is 13.0. The van der Waals surface area contributed by atoms with Crippen LogP contribution in [0, 0.1) is 5.82 Å². The minimum atomic E-state index is -4.55. The number of hydrogen-bond donors (Lipinski definition) is 1. The summed E-state index contributed by atoms with van der Waals surface area (Å²) >= 11 is 0. The average molecular weight is 251 g/mol. The van der Waals surface area contributed by atoms with E-state index in [2.05, 4.69) is 0 Å². The van der Waals surface area contributed by atoms with Crippen molar-refractivity contribution in [2.45, 2.75) is 19.1 Å². The topological polar surface area (TPSA) is 35.2 Å². The van der Waals surface area contributed by atoms with E-state index in [0.717, 1.165) is 12.1 Å². The van der Waals surface area contributed by atoms with Gasteiger partial charge >= 0.3 is 6.18 Å². The van der Waals surface area contributed by atoms with Crippen LogP contribution in [0.15, 0.2) is 18.2 Å². The van der Waals surface area contributed by atoms with E-state index in [1.807, 2.05) is 0 Å². The van der Waals surface area contributed by atoms with Crippen LogP contribution in [0.1, 0.15) is 24.1 Å². The third kappa shape index (κ3) is 3.67. The molecule has 1 unspecified atom stereocenters. The normalized spacial score (nSPS) is 13.8. The fourth-order valence-electron chi connectivity index (χ4n) is 1.43. The fourth-order valence-corrected chi connectivity index (χ4v) is 1.43. The highest BCUT2D eigenvalue weighted by Gasteiger charge is 2.34. The first-order valence-corrected chi connectivity index (χ1v) is 5.06. The van der Waals surface area contributed by atoms with Gasteiger partial charge in [0.05, 0.1) is 18.2 Å². The highest BCUT2D eigenvalue weighted by Crippen LogP contribution is 2.34. The first-order chi connectivity index (χ1) is 7.86. The Morgan fingerprint density at radius 2 is 2.00 bits per heavy atom. The van der Waals surface area contributed by atoms with Crippen molar-refractivity contribution in [1.82, 2.24) is 0 Å². The average Bonchev–Trinajstić information content (AvgIpc) is 2.24. The third-order valence-corrected chi connectivity index (χ3v) is 2.22. The first-order valence-electron chi connectivity index (χ1n) is 5.06. The minimum absolute atomic E-state index is 0.0803. The van der Waals surface area contributed by atoms with Crippen molar-refractivity contribution in [2.24, 2.45) is 5.73 Å². The molecule has 0 saturated heterocycles. The Hall–Kier alpha value is -1.14. The molecular formula is C11H13F4NO. The molecule has 0 fully saturated rings. The third-order valence-electron chi connectivity index (χ3n) is 2.22. The van der Waals surface area contributed by atoms with Crippen LogP contribution in [0.4, 0.5) is 17.6 Å². The molecule has 96 valence electrons. The molecule has 0 radical (unpaired) electrons. The Labute approximate surface area is 96.4 Å². The van der Waals surface area contributed by atoms with Crippen LogP contribution in [0.3, 0.4) is 0 Å². The molecule has 1 aromatic rings.